The molecule has 1 aromatic heterocycles. The molecule has 2 rings (SSSR count). The Kier molecular flexibility index (Phi) is 3.69. The zero-order valence-electron chi connectivity index (χ0n) is 8.89. The van der Waals surface area contributed by atoms with Gasteiger partial charge in [-0.3, -0.25) is 0 Å². The minimum Gasteiger partial charge on any atom is -0.359 e. The van der Waals surface area contributed by atoms with E-state index in [2.05, 4.69) is 4.98 Å². The van der Waals surface area contributed by atoms with Crippen molar-refractivity contribution in [2.45, 2.75) is 27.2 Å². The predicted molar refractivity (Wildman–Crippen MR) is 59.0 cm³/mol. The van der Waals surface area contributed by atoms with Crippen molar-refractivity contribution in [2.24, 2.45) is 0 Å². The summed E-state index contributed by atoms with van der Waals surface area (Å²) in [5.74, 6) is -0.111. The lowest BCUT2D eigenvalue weighted by Crippen LogP contribution is -1.87. The largest absolute Gasteiger partial charge is 0.359 e. The van der Waals surface area contributed by atoms with Gasteiger partial charge in [-0.05, 0) is 18.1 Å². The molecule has 1 N–H and O–H groups in total. The van der Waals surface area contributed by atoms with E-state index < -0.39 is 0 Å². The first-order valence-corrected chi connectivity index (χ1v) is 5.07. The third-order valence-electron chi connectivity index (χ3n) is 2.13. The summed E-state index contributed by atoms with van der Waals surface area (Å²) in [6.07, 6.45) is 2.49. The molecule has 14 heavy (non-hydrogen) atoms. The molecule has 0 atom stereocenters. The lowest BCUT2D eigenvalue weighted by Gasteiger charge is -1.99. The maximum absolute atomic E-state index is 13.5. The lowest BCUT2D eigenvalue weighted by atomic mass is 10.1. The number of rotatable bonds is 1. The third-order valence-corrected chi connectivity index (χ3v) is 2.13. The molecule has 0 saturated heterocycles. The Bertz CT molecular complexity index is 404. The fraction of sp³-hybridized carbons (Fsp3) is 0.333. The number of benzene rings is 1. The molecular formula is C12H16FN. The molecule has 0 bridgehead atoms. The number of fused-ring (bicyclic) bond motifs is 1. The standard InChI is InChI=1S/C10H10FN.C2H6/c1-2-7-3-4-8-5-6-12-10(8)9(7)11;1-2/h3-6,12H,2H2,1H3;1-2H3. The molecule has 76 valence electrons. The number of H-pyrrole nitrogens is 1. The summed E-state index contributed by atoms with van der Waals surface area (Å²) in [6.45, 7) is 5.95. The van der Waals surface area contributed by atoms with E-state index in [1.807, 2.05) is 39.0 Å². The molecule has 0 aliphatic carbocycles. The van der Waals surface area contributed by atoms with Gasteiger partial charge in [0.05, 0.1) is 5.52 Å². The first-order chi connectivity index (χ1) is 6.83. The number of hydrogen-bond acceptors (Lipinski definition) is 0. The fourth-order valence-corrected chi connectivity index (χ4v) is 1.41. The van der Waals surface area contributed by atoms with Crippen LogP contribution in [0.5, 0.6) is 0 Å². The number of aromatic nitrogens is 1. The van der Waals surface area contributed by atoms with Gasteiger partial charge >= 0.3 is 0 Å². The highest BCUT2D eigenvalue weighted by atomic mass is 19.1. The van der Waals surface area contributed by atoms with E-state index in [-0.39, 0.29) is 5.82 Å². The zero-order chi connectivity index (χ0) is 10.6. The van der Waals surface area contributed by atoms with E-state index in [0.717, 1.165) is 17.4 Å². The molecule has 0 unspecified atom stereocenters. The van der Waals surface area contributed by atoms with Crippen molar-refractivity contribution < 1.29 is 4.39 Å². The number of halogens is 1. The van der Waals surface area contributed by atoms with Crippen LogP contribution >= 0.6 is 0 Å². The van der Waals surface area contributed by atoms with Crippen LogP contribution in [0.15, 0.2) is 24.4 Å². The van der Waals surface area contributed by atoms with E-state index in [0.29, 0.717) is 5.52 Å². The molecule has 0 radical (unpaired) electrons. The van der Waals surface area contributed by atoms with Gasteiger partial charge in [0.1, 0.15) is 5.82 Å². The summed E-state index contributed by atoms with van der Waals surface area (Å²) in [4.78, 5) is 2.89. The van der Waals surface area contributed by atoms with Crippen LogP contribution in [0.3, 0.4) is 0 Å². The molecule has 0 saturated carbocycles. The van der Waals surface area contributed by atoms with Crippen molar-refractivity contribution in [1.29, 1.82) is 0 Å². The Hall–Kier alpha value is -1.31. The minimum atomic E-state index is -0.111. The Balaban J connectivity index is 0.000000461. The Morgan fingerprint density at radius 2 is 1.93 bits per heavy atom. The van der Waals surface area contributed by atoms with Crippen molar-refractivity contribution in [2.75, 3.05) is 0 Å². The van der Waals surface area contributed by atoms with Crippen LogP contribution in [0.4, 0.5) is 4.39 Å². The highest BCUT2D eigenvalue weighted by Gasteiger charge is 2.05. The van der Waals surface area contributed by atoms with E-state index in [4.69, 9.17) is 0 Å². The topological polar surface area (TPSA) is 15.8 Å². The van der Waals surface area contributed by atoms with Crippen LogP contribution in [-0.2, 0) is 6.42 Å². The van der Waals surface area contributed by atoms with Gasteiger partial charge in [0.15, 0.2) is 0 Å². The van der Waals surface area contributed by atoms with E-state index in [9.17, 15) is 4.39 Å². The number of aromatic amines is 1. The second-order valence-corrected chi connectivity index (χ2v) is 2.83. The average Bonchev–Trinajstić information content (AvgIpc) is 2.70. The monoisotopic (exact) mass is 193 g/mol. The lowest BCUT2D eigenvalue weighted by molar-refractivity contribution is 0.622. The highest BCUT2D eigenvalue weighted by molar-refractivity contribution is 5.80. The molecule has 0 amide bonds. The first-order valence-electron chi connectivity index (χ1n) is 5.07. The molecule has 0 aliphatic rings. The van der Waals surface area contributed by atoms with Crippen LogP contribution in [0.2, 0.25) is 0 Å². The van der Waals surface area contributed by atoms with Gasteiger partial charge in [-0.2, -0.15) is 0 Å². The molecule has 0 aliphatic heterocycles. The quantitative estimate of drug-likeness (QED) is 0.707. The maximum Gasteiger partial charge on any atom is 0.150 e. The van der Waals surface area contributed by atoms with Crippen LogP contribution in [-0.4, -0.2) is 4.98 Å². The van der Waals surface area contributed by atoms with Crippen LogP contribution in [0.1, 0.15) is 26.3 Å². The van der Waals surface area contributed by atoms with Crippen LogP contribution in [0, 0.1) is 5.82 Å². The molecule has 2 aromatic rings. The maximum atomic E-state index is 13.5. The average molecular weight is 193 g/mol. The Morgan fingerprint density at radius 3 is 2.57 bits per heavy atom. The second-order valence-electron chi connectivity index (χ2n) is 2.83. The summed E-state index contributed by atoms with van der Waals surface area (Å²) < 4.78 is 13.5. The fourth-order valence-electron chi connectivity index (χ4n) is 1.41. The van der Waals surface area contributed by atoms with E-state index >= 15 is 0 Å². The molecule has 2 heteroatoms. The molecule has 1 aromatic carbocycles. The van der Waals surface area contributed by atoms with Gasteiger partial charge in [0.2, 0.25) is 0 Å². The smallest absolute Gasteiger partial charge is 0.150 e. The van der Waals surface area contributed by atoms with Crippen molar-refractivity contribution in [3.63, 3.8) is 0 Å². The summed E-state index contributed by atoms with van der Waals surface area (Å²) in [5, 5.41) is 0.935. The van der Waals surface area contributed by atoms with Crippen LogP contribution in [0.25, 0.3) is 10.9 Å². The predicted octanol–water partition coefficient (Wildman–Crippen LogP) is 3.90. The number of nitrogens with one attached hydrogen (secondary N) is 1. The molecule has 0 fully saturated rings. The summed E-state index contributed by atoms with van der Waals surface area (Å²) in [7, 11) is 0. The summed E-state index contributed by atoms with van der Waals surface area (Å²) in [5.41, 5.74) is 1.39. The number of aryl methyl sites for hydroxylation is 1. The van der Waals surface area contributed by atoms with Crippen LogP contribution < -0.4 is 0 Å². The zero-order valence-corrected chi connectivity index (χ0v) is 8.89. The summed E-state index contributed by atoms with van der Waals surface area (Å²) >= 11 is 0. The van der Waals surface area contributed by atoms with Gasteiger partial charge in [0, 0.05) is 11.6 Å². The van der Waals surface area contributed by atoms with Crippen molar-refractivity contribution in [3.8, 4) is 0 Å². The Morgan fingerprint density at radius 1 is 1.21 bits per heavy atom. The van der Waals surface area contributed by atoms with E-state index in [1.54, 1.807) is 6.20 Å². The summed E-state index contributed by atoms with van der Waals surface area (Å²) in [6, 6.07) is 5.65. The Labute approximate surface area is 84.0 Å². The van der Waals surface area contributed by atoms with Gasteiger partial charge in [-0.1, -0.05) is 32.9 Å². The third kappa shape index (κ3) is 1.79. The van der Waals surface area contributed by atoms with Gasteiger partial charge < -0.3 is 4.98 Å². The first kappa shape index (κ1) is 10.8. The minimum absolute atomic E-state index is 0.111. The van der Waals surface area contributed by atoms with Crippen molar-refractivity contribution in [3.05, 3.63) is 35.8 Å². The molecule has 0 spiro atoms. The highest BCUT2D eigenvalue weighted by Crippen LogP contribution is 2.19. The molecular weight excluding hydrogens is 177 g/mol. The second kappa shape index (κ2) is 4.80. The van der Waals surface area contributed by atoms with Gasteiger partial charge in [-0.25, -0.2) is 4.39 Å². The SMILES string of the molecule is CC.CCc1ccc2cc[nH]c2c1F. The number of hydrogen-bond donors (Lipinski definition) is 1. The van der Waals surface area contributed by atoms with Crippen molar-refractivity contribution >= 4 is 10.9 Å². The molecule has 1 nitrogen and oxygen atoms in total. The van der Waals surface area contributed by atoms with Crippen molar-refractivity contribution in [1.82, 2.24) is 4.98 Å². The molecule has 1 heterocycles. The normalized spacial score (nSPS) is 9.71. The van der Waals surface area contributed by atoms with E-state index in [1.165, 1.54) is 0 Å². The van der Waals surface area contributed by atoms with Gasteiger partial charge in [0.25, 0.3) is 0 Å². The van der Waals surface area contributed by atoms with Gasteiger partial charge in [-0.15, -0.1) is 0 Å².